The van der Waals surface area contributed by atoms with Gasteiger partial charge in [-0.1, -0.05) is 20.3 Å². The van der Waals surface area contributed by atoms with Gasteiger partial charge in [-0.2, -0.15) is 0 Å². The smallest absolute Gasteiger partial charge is 0.0758 e. The van der Waals surface area contributed by atoms with E-state index in [2.05, 4.69) is 18.7 Å². The molecule has 1 aliphatic carbocycles. The van der Waals surface area contributed by atoms with Crippen molar-refractivity contribution in [3.05, 3.63) is 0 Å². The van der Waals surface area contributed by atoms with Crippen molar-refractivity contribution in [2.75, 3.05) is 19.6 Å². The Labute approximate surface area is 105 Å². The molecule has 100 valence electrons. The molecule has 1 saturated carbocycles. The number of nitrogens with zero attached hydrogens (tertiary/aromatic N) is 1. The van der Waals surface area contributed by atoms with Crippen LogP contribution in [0.25, 0.3) is 0 Å². The largest absolute Gasteiger partial charge is 0.389 e. The Bertz CT molecular complexity index is 275. The summed E-state index contributed by atoms with van der Waals surface area (Å²) in [7, 11) is 0. The summed E-state index contributed by atoms with van der Waals surface area (Å²) in [6.45, 7) is 9.44. The maximum Gasteiger partial charge on any atom is 0.0758 e. The number of nitrogens with two attached hydrogens (primary N) is 1. The number of hydrogen-bond acceptors (Lipinski definition) is 3. The molecule has 2 fully saturated rings. The molecule has 0 bridgehead atoms. The first-order chi connectivity index (χ1) is 7.80. The summed E-state index contributed by atoms with van der Waals surface area (Å²) < 4.78 is 0. The lowest BCUT2D eigenvalue weighted by Gasteiger charge is -2.43. The molecule has 0 aromatic rings. The van der Waals surface area contributed by atoms with Crippen LogP contribution in [0.1, 0.15) is 46.5 Å². The molecule has 0 aromatic heterocycles. The Kier molecular flexibility index (Phi) is 3.54. The molecule has 0 spiro atoms. The van der Waals surface area contributed by atoms with Gasteiger partial charge in [0.05, 0.1) is 5.60 Å². The maximum absolute atomic E-state index is 9.99. The molecule has 17 heavy (non-hydrogen) atoms. The predicted octanol–water partition coefficient (Wildman–Crippen LogP) is 1.60. The Morgan fingerprint density at radius 1 is 1.29 bits per heavy atom. The third-order valence-corrected chi connectivity index (χ3v) is 4.83. The van der Waals surface area contributed by atoms with Crippen molar-refractivity contribution < 1.29 is 5.11 Å². The van der Waals surface area contributed by atoms with Crippen molar-refractivity contribution in [1.82, 2.24) is 4.90 Å². The molecule has 2 aliphatic rings. The zero-order valence-corrected chi connectivity index (χ0v) is 11.6. The topological polar surface area (TPSA) is 49.5 Å². The molecule has 3 N–H and O–H groups in total. The van der Waals surface area contributed by atoms with Crippen molar-refractivity contribution in [2.24, 2.45) is 17.1 Å². The summed E-state index contributed by atoms with van der Waals surface area (Å²) in [6.07, 6.45) is 4.71. The molecule has 1 saturated heterocycles. The Morgan fingerprint density at radius 2 is 2.00 bits per heavy atom. The van der Waals surface area contributed by atoms with E-state index in [0.717, 1.165) is 26.1 Å². The minimum Gasteiger partial charge on any atom is -0.389 e. The first-order valence-corrected chi connectivity index (χ1v) is 7.00. The number of rotatable bonds is 2. The lowest BCUT2D eigenvalue weighted by Crippen LogP contribution is -2.50. The van der Waals surface area contributed by atoms with Gasteiger partial charge in [0.2, 0.25) is 0 Å². The van der Waals surface area contributed by atoms with Crippen molar-refractivity contribution >= 4 is 0 Å². The van der Waals surface area contributed by atoms with Crippen LogP contribution in [0.5, 0.6) is 0 Å². The van der Waals surface area contributed by atoms with Crippen molar-refractivity contribution in [3.63, 3.8) is 0 Å². The SMILES string of the molecule is CC1(O)CCN(CC2CCCC(C)(C)C2N)C1. The van der Waals surface area contributed by atoms with Crippen molar-refractivity contribution in [2.45, 2.75) is 58.1 Å². The Hall–Kier alpha value is -0.120. The zero-order chi connectivity index (χ0) is 12.7. The normalized spacial score (nSPS) is 42.9. The lowest BCUT2D eigenvalue weighted by molar-refractivity contribution is 0.0585. The van der Waals surface area contributed by atoms with Gasteiger partial charge in [-0.05, 0) is 37.5 Å². The standard InChI is InChI=1S/C14H28N2O/c1-13(2)6-4-5-11(12(13)15)9-16-8-7-14(3,17)10-16/h11-12,17H,4-10,15H2,1-3H3. The monoisotopic (exact) mass is 240 g/mol. The quantitative estimate of drug-likeness (QED) is 0.771. The number of likely N-dealkylation sites (tertiary alicyclic amines) is 1. The van der Waals surface area contributed by atoms with Crippen LogP contribution in [0.3, 0.4) is 0 Å². The van der Waals surface area contributed by atoms with Crippen LogP contribution < -0.4 is 5.73 Å². The molecule has 1 aliphatic heterocycles. The van der Waals surface area contributed by atoms with Crippen LogP contribution in [0.15, 0.2) is 0 Å². The lowest BCUT2D eigenvalue weighted by atomic mass is 9.68. The summed E-state index contributed by atoms with van der Waals surface area (Å²) in [5, 5.41) is 9.99. The van der Waals surface area contributed by atoms with Crippen LogP contribution in [-0.4, -0.2) is 41.3 Å². The first kappa shape index (κ1) is 13.3. The summed E-state index contributed by atoms with van der Waals surface area (Å²) in [5.41, 5.74) is 6.22. The highest BCUT2D eigenvalue weighted by Crippen LogP contribution is 2.38. The number of β-amino-alcohol motifs (C(OH)–C–C–N with tert-alkyl or cyclic N) is 1. The Balaban J connectivity index is 1.91. The van der Waals surface area contributed by atoms with Crippen LogP contribution in [0, 0.1) is 11.3 Å². The summed E-state index contributed by atoms with van der Waals surface area (Å²) in [4.78, 5) is 2.39. The van der Waals surface area contributed by atoms with Crippen LogP contribution in [0.4, 0.5) is 0 Å². The van der Waals surface area contributed by atoms with Gasteiger partial charge in [-0.25, -0.2) is 0 Å². The van der Waals surface area contributed by atoms with E-state index in [1.54, 1.807) is 0 Å². The predicted molar refractivity (Wildman–Crippen MR) is 70.8 cm³/mol. The van der Waals surface area contributed by atoms with Gasteiger partial charge in [0.1, 0.15) is 0 Å². The van der Waals surface area contributed by atoms with E-state index >= 15 is 0 Å². The molecule has 2 rings (SSSR count). The third-order valence-electron chi connectivity index (χ3n) is 4.83. The average Bonchev–Trinajstić information content (AvgIpc) is 2.53. The highest BCUT2D eigenvalue weighted by atomic mass is 16.3. The zero-order valence-electron chi connectivity index (χ0n) is 11.6. The number of aliphatic hydroxyl groups is 1. The molecule has 3 unspecified atom stereocenters. The van der Waals surface area contributed by atoms with Gasteiger partial charge in [-0.15, -0.1) is 0 Å². The first-order valence-electron chi connectivity index (χ1n) is 7.00. The molecule has 0 radical (unpaired) electrons. The molecular formula is C14H28N2O. The minimum atomic E-state index is -0.478. The second kappa shape index (κ2) is 4.52. The van der Waals surface area contributed by atoms with E-state index in [9.17, 15) is 5.11 Å². The van der Waals surface area contributed by atoms with Gasteiger partial charge < -0.3 is 15.7 Å². The molecule has 3 atom stereocenters. The molecule has 3 heteroatoms. The van der Waals surface area contributed by atoms with Crippen LogP contribution in [0.2, 0.25) is 0 Å². The third kappa shape index (κ3) is 3.01. The molecule has 0 aromatic carbocycles. The van der Waals surface area contributed by atoms with E-state index in [4.69, 9.17) is 5.73 Å². The van der Waals surface area contributed by atoms with E-state index in [-0.39, 0.29) is 5.41 Å². The van der Waals surface area contributed by atoms with Gasteiger partial charge in [0.25, 0.3) is 0 Å². The van der Waals surface area contributed by atoms with E-state index in [0.29, 0.717) is 12.0 Å². The van der Waals surface area contributed by atoms with Crippen LogP contribution >= 0.6 is 0 Å². The van der Waals surface area contributed by atoms with Crippen LogP contribution in [-0.2, 0) is 0 Å². The Morgan fingerprint density at radius 3 is 2.59 bits per heavy atom. The highest BCUT2D eigenvalue weighted by Gasteiger charge is 2.39. The van der Waals surface area contributed by atoms with Gasteiger partial charge in [0.15, 0.2) is 0 Å². The van der Waals surface area contributed by atoms with E-state index < -0.39 is 5.60 Å². The summed E-state index contributed by atoms with van der Waals surface area (Å²) in [5.74, 6) is 0.604. The summed E-state index contributed by atoms with van der Waals surface area (Å²) >= 11 is 0. The molecule has 0 amide bonds. The number of hydrogen-bond donors (Lipinski definition) is 2. The summed E-state index contributed by atoms with van der Waals surface area (Å²) in [6, 6.07) is 0.307. The molecular weight excluding hydrogens is 212 g/mol. The fourth-order valence-electron chi connectivity index (χ4n) is 3.54. The van der Waals surface area contributed by atoms with Gasteiger partial charge >= 0.3 is 0 Å². The molecule has 1 heterocycles. The van der Waals surface area contributed by atoms with Gasteiger partial charge in [-0.3, -0.25) is 0 Å². The maximum atomic E-state index is 9.99. The second-order valence-corrected chi connectivity index (χ2v) is 7.15. The van der Waals surface area contributed by atoms with Crippen molar-refractivity contribution in [3.8, 4) is 0 Å². The van der Waals surface area contributed by atoms with E-state index in [1.807, 2.05) is 6.92 Å². The second-order valence-electron chi connectivity index (χ2n) is 7.15. The highest BCUT2D eigenvalue weighted by molar-refractivity contribution is 4.94. The fourth-order valence-corrected chi connectivity index (χ4v) is 3.54. The van der Waals surface area contributed by atoms with Crippen molar-refractivity contribution in [1.29, 1.82) is 0 Å². The van der Waals surface area contributed by atoms with E-state index in [1.165, 1.54) is 19.3 Å². The minimum absolute atomic E-state index is 0.283. The fraction of sp³-hybridized carbons (Fsp3) is 1.00. The molecule has 3 nitrogen and oxygen atoms in total. The van der Waals surface area contributed by atoms with Gasteiger partial charge in [0, 0.05) is 25.7 Å². The average molecular weight is 240 g/mol.